The van der Waals surface area contributed by atoms with Gasteiger partial charge in [-0.15, -0.1) is 0 Å². The van der Waals surface area contributed by atoms with E-state index in [1.165, 1.54) is 18.3 Å². The minimum absolute atomic E-state index is 0.0230. The molecule has 0 amide bonds. The number of aryl methyl sites for hydroxylation is 1. The lowest BCUT2D eigenvalue weighted by molar-refractivity contribution is 0.628. The van der Waals surface area contributed by atoms with Gasteiger partial charge in [-0.2, -0.15) is 20.3 Å². The molecular formula is C24H14ClFN6O. The molecule has 2 N–H and O–H groups in total. The van der Waals surface area contributed by atoms with Gasteiger partial charge in [0.25, 0.3) is 5.56 Å². The number of benzene rings is 2. The normalized spacial score (nSPS) is 10.9. The Kier molecular flexibility index (Phi) is 5.61. The van der Waals surface area contributed by atoms with Crippen molar-refractivity contribution < 1.29 is 4.39 Å². The lowest BCUT2D eigenvalue weighted by atomic mass is 9.96. The molecule has 0 atom stereocenters. The third-order valence-corrected chi connectivity index (χ3v) is 5.39. The van der Waals surface area contributed by atoms with Gasteiger partial charge in [-0.25, -0.2) is 9.37 Å². The number of halogens is 2. The second-order valence-corrected chi connectivity index (χ2v) is 7.48. The van der Waals surface area contributed by atoms with Gasteiger partial charge in [0.1, 0.15) is 40.1 Å². The summed E-state index contributed by atoms with van der Waals surface area (Å²) in [6.07, 6.45) is 1.29. The van der Waals surface area contributed by atoms with Crippen LogP contribution in [0.2, 0.25) is 5.15 Å². The largest absolute Gasteiger partial charge is 0.382 e. The predicted molar refractivity (Wildman–Crippen MR) is 124 cm³/mol. The summed E-state index contributed by atoms with van der Waals surface area (Å²) in [5, 5.41) is 24.5. The summed E-state index contributed by atoms with van der Waals surface area (Å²) in [5.41, 5.74) is 7.22. The molecule has 9 heteroatoms. The Morgan fingerprint density at radius 3 is 2.52 bits per heavy atom. The summed E-state index contributed by atoms with van der Waals surface area (Å²) in [6.45, 7) is 1.91. The lowest BCUT2D eigenvalue weighted by Gasteiger charge is -2.12. The van der Waals surface area contributed by atoms with Crippen LogP contribution in [0.3, 0.4) is 0 Å². The van der Waals surface area contributed by atoms with E-state index in [2.05, 4.69) is 10.1 Å². The fourth-order valence-electron chi connectivity index (χ4n) is 3.47. The topological polar surface area (TPSA) is 121 Å². The van der Waals surface area contributed by atoms with Crippen molar-refractivity contribution in [3.63, 3.8) is 0 Å². The van der Waals surface area contributed by atoms with Crippen molar-refractivity contribution in [1.82, 2.24) is 9.66 Å². The molecule has 0 spiro atoms. The number of nitrogen functional groups attached to an aromatic ring is 1. The number of hydrogen-bond donors (Lipinski definition) is 1. The fraction of sp³-hybridized carbons (Fsp3) is 0.0417. The Hall–Kier alpha value is -4.53. The molecule has 7 nitrogen and oxygen atoms in total. The van der Waals surface area contributed by atoms with Gasteiger partial charge in [0.15, 0.2) is 0 Å². The van der Waals surface area contributed by atoms with Gasteiger partial charge in [0.2, 0.25) is 0 Å². The van der Waals surface area contributed by atoms with Gasteiger partial charge in [0, 0.05) is 16.5 Å². The molecular weight excluding hydrogens is 443 g/mol. The van der Waals surface area contributed by atoms with Crippen LogP contribution in [0.25, 0.3) is 22.0 Å². The smallest absolute Gasteiger partial charge is 0.291 e. The third-order valence-electron chi connectivity index (χ3n) is 5.09. The molecule has 33 heavy (non-hydrogen) atoms. The number of hydrogen-bond acceptors (Lipinski definition) is 6. The van der Waals surface area contributed by atoms with Crippen LogP contribution in [0.4, 0.5) is 10.2 Å². The maximum atomic E-state index is 13.3. The minimum Gasteiger partial charge on any atom is -0.382 e. The number of anilines is 1. The second kappa shape index (κ2) is 8.54. The quantitative estimate of drug-likeness (QED) is 0.362. The van der Waals surface area contributed by atoms with E-state index in [1.807, 2.05) is 37.3 Å². The van der Waals surface area contributed by atoms with E-state index in [1.54, 1.807) is 6.07 Å². The highest BCUT2D eigenvalue weighted by molar-refractivity contribution is 6.32. The van der Waals surface area contributed by atoms with Crippen LogP contribution in [-0.4, -0.2) is 15.9 Å². The number of nitrogens with two attached hydrogens (primary N) is 1. The number of nitrogens with zero attached hydrogens (tertiary/aromatic N) is 5. The Morgan fingerprint density at radius 1 is 1.15 bits per heavy atom. The first kappa shape index (κ1) is 21.7. The van der Waals surface area contributed by atoms with Crippen molar-refractivity contribution in [2.45, 2.75) is 6.92 Å². The predicted octanol–water partition coefficient (Wildman–Crippen LogP) is 4.37. The van der Waals surface area contributed by atoms with Gasteiger partial charge in [0.05, 0.1) is 11.7 Å². The molecule has 0 fully saturated rings. The van der Waals surface area contributed by atoms with Crippen molar-refractivity contribution in [2.24, 2.45) is 5.10 Å². The van der Waals surface area contributed by atoms with Crippen LogP contribution in [0, 0.1) is 35.4 Å². The molecule has 0 unspecified atom stereocenters. The summed E-state index contributed by atoms with van der Waals surface area (Å²) in [6, 6.07) is 16.2. The van der Waals surface area contributed by atoms with Crippen molar-refractivity contribution in [2.75, 3.05) is 5.73 Å². The molecule has 0 bridgehead atoms. The Bertz CT molecular complexity index is 1590. The highest BCUT2D eigenvalue weighted by Gasteiger charge is 2.22. The summed E-state index contributed by atoms with van der Waals surface area (Å²) in [4.78, 5) is 17.4. The molecule has 0 saturated carbocycles. The van der Waals surface area contributed by atoms with Crippen molar-refractivity contribution in [1.29, 1.82) is 10.5 Å². The van der Waals surface area contributed by atoms with Gasteiger partial charge in [-0.05, 0) is 36.2 Å². The number of para-hydroxylation sites is 1. The zero-order valence-electron chi connectivity index (χ0n) is 17.2. The average Bonchev–Trinajstić information content (AvgIpc) is 2.80. The van der Waals surface area contributed by atoms with E-state index in [0.717, 1.165) is 33.3 Å². The van der Waals surface area contributed by atoms with Crippen LogP contribution in [0.15, 0.2) is 58.4 Å². The zero-order valence-corrected chi connectivity index (χ0v) is 17.9. The Balaban J connectivity index is 1.90. The van der Waals surface area contributed by atoms with E-state index in [0.29, 0.717) is 11.1 Å². The summed E-state index contributed by atoms with van der Waals surface area (Å²) in [7, 11) is 0. The lowest BCUT2D eigenvalue weighted by Crippen LogP contribution is -2.25. The molecule has 2 aromatic carbocycles. The summed E-state index contributed by atoms with van der Waals surface area (Å²) >= 11 is 6.30. The molecule has 0 radical (unpaired) electrons. The van der Waals surface area contributed by atoms with Crippen LogP contribution in [-0.2, 0) is 0 Å². The fourth-order valence-corrected chi connectivity index (χ4v) is 3.66. The number of nitriles is 2. The molecule has 4 rings (SSSR count). The summed E-state index contributed by atoms with van der Waals surface area (Å²) in [5.74, 6) is -0.768. The SMILES string of the molecule is Cc1cccc2cc(/C=N/n3c(N)c(C#N)c(-c4ccc(F)cc4)c(C#N)c3=O)c(Cl)nc12. The van der Waals surface area contributed by atoms with Gasteiger partial charge >= 0.3 is 0 Å². The van der Waals surface area contributed by atoms with Crippen molar-refractivity contribution in [3.8, 4) is 23.3 Å². The standard InChI is InChI=1S/C24H14ClFN6O/c1-13-3-2-4-15-9-16(22(25)31-21(13)15)12-30-32-23(29)18(10-27)20(19(11-28)24(32)33)14-5-7-17(26)8-6-14/h2-9,12H,29H2,1H3/b30-12+. The first-order chi connectivity index (χ1) is 15.8. The van der Waals surface area contributed by atoms with E-state index >= 15 is 0 Å². The molecule has 4 aromatic rings. The van der Waals surface area contributed by atoms with Crippen molar-refractivity contribution >= 4 is 34.5 Å². The second-order valence-electron chi connectivity index (χ2n) is 7.12. The van der Waals surface area contributed by atoms with Crippen LogP contribution in [0.1, 0.15) is 22.3 Å². The molecule has 0 aliphatic carbocycles. The van der Waals surface area contributed by atoms with Crippen LogP contribution in [0.5, 0.6) is 0 Å². The van der Waals surface area contributed by atoms with E-state index < -0.39 is 11.4 Å². The molecule has 0 saturated heterocycles. The Labute approximate surface area is 192 Å². The minimum atomic E-state index is -0.828. The van der Waals surface area contributed by atoms with Crippen LogP contribution >= 0.6 is 11.6 Å². The molecule has 2 aromatic heterocycles. The average molecular weight is 457 g/mol. The van der Waals surface area contributed by atoms with E-state index in [9.17, 15) is 19.7 Å². The highest BCUT2D eigenvalue weighted by atomic mass is 35.5. The molecule has 0 aliphatic heterocycles. The van der Waals surface area contributed by atoms with Gasteiger partial charge < -0.3 is 5.73 Å². The summed E-state index contributed by atoms with van der Waals surface area (Å²) < 4.78 is 14.1. The number of fused-ring (bicyclic) bond motifs is 1. The van der Waals surface area contributed by atoms with Crippen LogP contribution < -0.4 is 11.3 Å². The maximum absolute atomic E-state index is 13.3. The number of rotatable bonds is 3. The maximum Gasteiger partial charge on any atom is 0.291 e. The monoisotopic (exact) mass is 456 g/mol. The first-order valence-electron chi connectivity index (χ1n) is 9.60. The van der Waals surface area contributed by atoms with E-state index in [-0.39, 0.29) is 27.7 Å². The van der Waals surface area contributed by atoms with E-state index in [4.69, 9.17) is 17.3 Å². The van der Waals surface area contributed by atoms with Crippen molar-refractivity contribution in [3.05, 3.63) is 92.1 Å². The molecule has 0 aliphatic rings. The number of aromatic nitrogens is 2. The Morgan fingerprint density at radius 2 is 1.85 bits per heavy atom. The molecule has 2 heterocycles. The highest BCUT2D eigenvalue weighted by Crippen LogP contribution is 2.29. The first-order valence-corrected chi connectivity index (χ1v) is 9.98. The zero-order chi connectivity index (χ0) is 23.7. The molecule has 160 valence electrons. The number of pyridine rings is 2. The third kappa shape index (κ3) is 3.80. The van der Waals surface area contributed by atoms with Gasteiger partial charge in [-0.1, -0.05) is 41.9 Å². The van der Waals surface area contributed by atoms with Gasteiger partial charge in [-0.3, -0.25) is 4.79 Å².